The lowest BCUT2D eigenvalue weighted by Gasteiger charge is -2.16. The molecule has 2 rings (SSSR count). The van der Waals surface area contributed by atoms with E-state index in [0.717, 1.165) is 5.56 Å². The number of rotatable bonds is 6. The van der Waals surface area contributed by atoms with E-state index in [9.17, 15) is 8.42 Å². The van der Waals surface area contributed by atoms with Gasteiger partial charge in [-0.05, 0) is 40.5 Å². The lowest BCUT2D eigenvalue weighted by Crippen LogP contribution is -2.35. The highest BCUT2D eigenvalue weighted by Gasteiger charge is 2.20. The van der Waals surface area contributed by atoms with Gasteiger partial charge in [-0.3, -0.25) is 0 Å². The van der Waals surface area contributed by atoms with Crippen LogP contribution in [0.5, 0.6) is 0 Å². The summed E-state index contributed by atoms with van der Waals surface area (Å²) in [5.41, 5.74) is 6.41. The first kappa shape index (κ1) is 16.2. The number of nitrogens with zero attached hydrogens (tertiary/aromatic N) is 2. The average Bonchev–Trinajstić information content (AvgIpc) is 2.90. The molecule has 1 atom stereocenters. The van der Waals surface area contributed by atoms with E-state index in [2.05, 4.69) is 25.6 Å². The van der Waals surface area contributed by atoms with E-state index < -0.39 is 10.0 Å². The van der Waals surface area contributed by atoms with Gasteiger partial charge < -0.3 is 10.3 Å². The Morgan fingerprint density at radius 1 is 1.48 bits per heavy atom. The summed E-state index contributed by atoms with van der Waals surface area (Å²) in [5.74, 6) is 0. The van der Waals surface area contributed by atoms with Gasteiger partial charge in [-0.15, -0.1) is 0 Å². The number of hydrogen-bond acceptors (Lipinski definition) is 4. The Morgan fingerprint density at radius 3 is 2.81 bits per heavy atom. The molecule has 3 N–H and O–H groups in total. The molecule has 114 valence electrons. The first-order chi connectivity index (χ1) is 9.92. The summed E-state index contributed by atoms with van der Waals surface area (Å²) in [6.45, 7) is 2.68. The smallest absolute Gasteiger partial charge is 0.241 e. The van der Waals surface area contributed by atoms with Crippen molar-refractivity contribution in [2.45, 2.75) is 31.0 Å². The molecule has 8 heteroatoms. The first-order valence-electron chi connectivity index (χ1n) is 6.39. The second kappa shape index (κ2) is 6.69. The number of nitrogens with two attached hydrogens (primary N) is 1. The molecule has 0 amide bonds. The molecule has 6 nitrogen and oxygen atoms in total. The van der Waals surface area contributed by atoms with Crippen LogP contribution < -0.4 is 10.5 Å². The molecule has 1 unspecified atom stereocenters. The minimum Gasteiger partial charge on any atom is -0.336 e. The zero-order chi connectivity index (χ0) is 15.5. The van der Waals surface area contributed by atoms with Crippen LogP contribution in [0, 0.1) is 0 Å². The standard InChI is InChI=1S/C13H17BrN4O2S/c1-10(8-18-5-4-16-9-18)17-21(19,20)13-3-2-11(7-15)6-12(13)14/h2-6,9-10,17H,7-8,15H2,1H3. The highest BCUT2D eigenvalue weighted by Crippen LogP contribution is 2.23. The second-order valence-corrected chi connectivity index (χ2v) is 7.29. The van der Waals surface area contributed by atoms with E-state index >= 15 is 0 Å². The Kier molecular flexibility index (Phi) is 5.15. The average molecular weight is 373 g/mol. The van der Waals surface area contributed by atoms with Gasteiger partial charge in [0.25, 0.3) is 0 Å². The molecule has 0 aliphatic rings. The van der Waals surface area contributed by atoms with Gasteiger partial charge in [-0.25, -0.2) is 18.1 Å². The van der Waals surface area contributed by atoms with Crippen molar-refractivity contribution in [2.24, 2.45) is 5.73 Å². The van der Waals surface area contributed by atoms with Crippen molar-refractivity contribution in [1.29, 1.82) is 0 Å². The topological polar surface area (TPSA) is 90.0 Å². The molecule has 0 saturated carbocycles. The molecular formula is C13H17BrN4O2S. The number of nitrogens with one attached hydrogen (secondary N) is 1. The monoisotopic (exact) mass is 372 g/mol. The van der Waals surface area contributed by atoms with Crippen LogP contribution in [0.3, 0.4) is 0 Å². The van der Waals surface area contributed by atoms with Gasteiger partial charge in [-0.2, -0.15) is 0 Å². The van der Waals surface area contributed by atoms with Crippen LogP contribution in [0.1, 0.15) is 12.5 Å². The Labute approximate surface area is 132 Å². The minimum absolute atomic E-state index is 0.206. The zero-order valence-electron chi connectivity index (χ0n) is 11.5. The largest absolute Gasteiger partial charge is 0.336 e. The van der Waals surface area contributed by atoms with Crippen LogP contribution in [-0.2, 0) is 23.1 Å². The first-order valence-corrected chi connectivity index (χ1v) is 8.66. The van der Waals surface area contributed by atoms with E-state index in [1.807, 2.05) is 4.57 Å². The highest BCUT2D eigenvalue weighted by atomic mass is 79.9. The van der Waals surface area contributed by atoms with Crippen LogP contribution in [0.15, 0.2) is 46.3 Å². The molecule has 1 aromatic heterocycles. The van der Waals surface area contributed by atoms with Gasteiger partial charge in [0.1, 0.15) is 0 Å². The van der Waals surface area contributed by atoms with Crippen molar-refractivity contribution in [2.75, 3.05) is 0 Å². The Bertz CT molecular complexity index is 701. The van der Waals surface area contributed by atoms with Crippen molar-refractivity contribution < 1.29 is 8.42 Å². The van der Waals surface area contributed by atoms with Gasteiger partial charge in [-0.1, -0.05) is 6.07 Å². The number of imidazole rings is 1. The third kappa shape index (κ3) is 4.13. The highest BCUT2D eigenvalue weighted by molar-refractivity contribution is 9.10. The predicted octanol–water partition coefficient (Wildman–Crippen LogP) is 1.47. The molecule has 21 heavy (non-hydrogen) atoms. The van der Waals surface area contributed by atoms with Crippen molar-refractivity contribution in [3.05, 3.63) is 47.0 Å². The summed E-state index contributed by atoms with van der Waals surface area (Å²) in [6, 6.07) is 4.72. The van der Waals surface area contributed by atoms with Crippen molar-refractivity contribution in [3.63, 3.8) is 0 Å². The minimum atomic E-state index is -3.59. The van der Waals surface area contributed by atoms with Gasteiger partial charge in [0.2, 0.25) is 10.0 Å². The molecule has 0 fully saturated rings. The quantitative estimate of drug-likeness (QED) is 0.803. The number of sulfonamides is 1. The Morgan fingerprint density at radius 2 is 2.24 bits per heavy atom. The number of aromatic nitrogens is 2. The number of benzene rings is 1. The maximum absolute atomic E-state index is 12.4. The molecule has 0 bridgehead atoms. The molecule has 0 aliphatic carbocycles. The van der Waals surface area contributed by atoms with E-state index in [4.69, 9.17) is 5.73 Å². The fourth-order valence-electron chi connectivity index (χ4n) is 1.97. The summed E-state index contributed by atoms with van der Waals surface area (Å²) >= 11 is 3.28. The number of halogens is 1. The lowest BCUT2D eigenvalue weighted by molar-refractivity contribution is 0.520. The normalized spacial score (nSPS) is 13.3. The maximum Gasteiger partial charge on any atom is 0.241 e. The molecular weight excluding hydrogens is 356 g/mol. The van der Waals surface area contributed by atoms with Crippen molar-refractivity contribution in [3.8, 4) is 0 Å². The van der Waals surface area contributed by atoms with Gasteiger partial charge >= 0.3 is 0 Å². The molecule has 1 heterocycles. The summed E-state index contributed by atoms with van der Waals surface area (Å²) in [6.07, 6.45) is 5.09. The molecule has 0 saturated heterocycles. The predicted molar refractivity (Wildman–Crippen MR) is 84.0 cm³/mol. The van der Waals surface area contributed by atoms with Crippen LogP contribution in [0.2, 0.25) is 0 Å². The molecule has 1 aromatic carbocycles. The van der Waals surface area contributed by atoms with E-state index in [1.165, 1.54) is 0 Å². The molecule has 0 aliphatic heterocycles. The maximum atomic E-state index is 12.4. The zero-order valence-corrected chi connectivity index (χ0v) is 13.9. The Balaban J connectivity index is 2.14. The third-order valence-electron chi connectivity index (χ3n) is 2.92. The van der Waals surface area contributed by atoms with Gasteiger partial charge in [0.05, 0.1) is 11.2 Å². The summed E-state index contributed by atoms with van der Waals surface area (Å²) in [5, 5.41) is 0. The fourth-order valence-corrected chi connectivity index (χ4v) is 4.33. The van der Waals surface area contributed by atoms with Crippen molar-refractivity contribution in [1.82, 2.24) is 14.3 Å². The SMILES string of the molecule is CC(Cn1ccnc1)NS(=O)(=O)c1ccc(CN)cc1Br. The molecule has 0 radical (unpaired) electrons. The summed E-state index contributed by atoms with van der Waals surface area (Å²) in [4.78, 5) is 4.14. The van der Waals surface area contributed by atoms with Crippen LogP contribution in [-0.4, -0.2) is 24.0 Å². The van der Waals surface area contributed by atoms with Crippen LogP contribution >= 0.6 is 15.9 Å². The lowest BCUT2D eigenvalue weighted by atomic mass is 10.2. The molecule has 2 aromatic rings. The van der Waals surface area contributed by atoms with Gasteiger partial charge in [0, 0.05) is 36.0 Å². The second-order valence-electron chi connectivity index (χ2n) is 4.75. The van der Waals surface area contributed by atoms with E-state index in [1.54, 1.807) is 43.8 Å². The third-order valence-corrected chi connectivity index (χ3v) is 5.49. The van der Waals surface area contributed by atoms with Gasteiger partial charge in [0.15, 0.2) is 0 Å². The summed E-state index contributed by atoms with van der Waals surface area (Å²) in [7, 11) is -3.59. The molecule has 0 spiro atoms. The van der Waals surface area contributed by atoms with Crippen molar-refractivity contribution >= 4 is 26.0 Å². The van der Waals surface area contributed by atoms with Crippen LogP contribution in [0.25, 0.3) is 0 Å². The van der Waals surface area contributed by atoms with E-state index in [-0.39, 0.29) is 10.9 Å². The summed E-state index contributed by atoms with van der Waals surface area (Å²) < 4.78 is 29.8. The number of hydrogen-bond donors (Lipinski definition) is 2. The van der Waals surface area contributed by atoms with Crippen LogP contribution in [0.4, 0.5) is 0 Å². The van der Waals surface area contributed by atoms with E-state index in [0.29, 0.717) is 17.6 Å². The fraction of sp³-hybridized carbons (Fsp3) is 0.308. The Hall–Kier alpha value is -1.22.